The number of carbonyl (C=O) groups is 3. The van der Waals surface area contributed by atoms with Gasteiger partial charge in [-0.3, -0.25) is 14.4 Å². The third kappa shape index (κ3) is 7.53. The molecule has 0 amide bonds. The molecule has 3 saturated carbocycles. The number of allylic oxidation sites excluding steroid dienone is 1. The summed E-state index contributed by atoms with van der Waals surface area (Å²) in [7, 11) is 0. The minimum Gasteiger partial charge on any atom is -0.458 e. The number of hydrogen-bond acceptors (Lipinski definition) is 6. The summed E-state index contributed by atoms with van der Waals surface area (Å²) in [6.07, 6.45) is 25.4. The fourth-order valence-electron chi connectivity index (χ4n) is 10.8. The van der Waals surface area contributed by atoms with Crippen molar-refractivity contribution in [2.45, 2.75) is 181 Å². The Morgan fingerprint density at radius 3 is 2.02 bits per heavy atom. The Morgan fingerprint density at radius 2 is 1.41 bits per heavy atom. The largest absolute Gasteiger partial charge is 0.458 e. The van der Waals surface area contributed by atoms with E-state index in [1.54, 1.807) is 0 Å². The Balaban J connectivity index is 1.02. The van der Waals surface area contributed by atoms with E-state index in [4.69, 9.17) is 14.2 Å². The van der Waals surface area contributed by atoms with Crippen molar-refractivity contribution in [1.82, 2.24) is 0 Å². The van der Waals surface area contributed by atoms with Crippen molar-refractivity contribution >= 4 is 17.5 Å². The summed E-state index contributed by atoms with van der Waals surface area (Å²) < 4.78 is 17.8. The van der Waals surface area contributed by atoms with Crippen LogP contribution in [-0.4, -0.2) is 35.7 Å². The molecule has 4 fully saturated rings. The smallest absolute Gasteiger partial charge is 0.306 e. The molecule has 260 valence electrons. The van der Waals surface area contributed by atoms with Crippen molar-refractivity contribution in [3.05, 3.63) is 11.6 Å². The molecule has 6 nitrogen and oxygen atoms in total. The maximum absolute atomic E-state index is 13.5. The van der Waals surface area contributed by atoms with Gasteiger partial charge in [-0.2, -0.15) is 0 Å². The van der Waals surface area contributed by atoms with Crippen LogP contribution in [0.25, 0.3) is 0 Å². The van der Waals surface area contributed by atoms with E-state index in [0.717, 1.165) is 51.4 Å². The van der Waals surface area contributed by atoms with Crippen molar-refractivity contribution < 1.29 is 28.6 Å². The van der Waals surface area contributed by atoms with Crippen molar-refractivity contribution in [3.63, 3.8) is 0 Å². The van der Waals surface area contributed by atoms with E-state index in [0.29, 0.717) is 30.6 Å². The minimum absolute atomic E-state index is 0.0337. The number of ether oxygens (including phenoxy) is 3. The lowest BCUT2D eigenvalue weighted by Crippen LogP contribution is -2.68. The monoisotopic (exact) mass is 640 g/mol. The van der Waals surface area contributed by atoms with Crippen LogP contribution >= 0.6 is 0 Å². The molecule has 5 aliphatic rings. The van der Waals surface area contributed by atoms with Crippen molar-refractivity contribution in [3.8, 4) is 0 Å². The van der Waals surface area contributed by atoms with Crippen LogP contribution in [0.15, 0.2) is 11.6 Å². The maximum atomic E-state index is 13.5. The van der Waals surface area contributed by atoms with Gasteiger partial charge in [0.15, 0.2) is 11.6 Å². The average molecular weight is 641 g/mol. The molecular weight excluding hydrogens is 576 g/mol. The zero-order valence-electron chi connectivity index (χ0n) is 29.9. The number of esters is 1. The zero-order valence-corrected chi connectivity index (χ0v) is 29.9. The molecule has 0 bridgehead atoms. The predicted octanol–water partition coefficient (Wildman–Crippen LogP) is 9.82. The highest BCUT2D eigenvalue weighted by Crippen LogP contribution is 2.68. The number of Topliss-reactive ketones (excluding diaryl/α,β-unsaturated/α-hetero) is 1. The molecule has 0 unspecified atom stereocenters. The number of unbranched alkanes of at least 4 members (excludes halogenated alkanes) is 12. The lowest BCUT2D eigenvalue weighted by molar-refractivity contribution is -0.482. The Labute approximate surface area is 279 Å². The van der Waals surface area contributed by atoms with Crippen LogP contribution < -0.4 is 0 Å². The third-order valence-corrected chi connectivity index (χ3v) is 13.1. The van der Waals surface area contributed by atoms with Crippen LogP contribution in [-0.2, 0) is 28.6 Å². The summed E-state index contributed by atoms with van der Waals surface area (Å²) in [5, 5.41) is 0. The van der Waals surface area contributed by atoms with Gasteiger partial charge in [0, 0.05) is 18.8 Å². The molecule has 0 N–H and O–H groups in total. The molecule has 5 rings (SSSR count). The zero-order chi connectivity index (χ0) is 33.0. The number of ketones is 2. The Kier molecular flexibility index (Phi) is 11.6. The molecule has 1 saturated heterocycles. The molecule has 46 heavy (non-hydrogen) atoms. The Hall–Kier alpha value is -1.53. The predicted molar refractivity (Wildman–Crippen MR) is 181 cm³/mol. The summed E-state index contributed by atoms with van der Waals surface area (Å²) >= 11 is 0. The van der Waals surface area contributed by atoms with E-state index >= 15 is 0 Å². The molecule has 0 aromatic carbocycles. The molecule has 6 heteroatoms. The van der Waals surface area contributed by atoms with Crippen LogP contribution in [0.4, 0.5) is 0 Å². The van der Waals surface area contributed by atoms with Gasteiger partial charge in [0.25, 0.3) is 0 Å². The van der Waals surface area contributed by atoms with E-state index in [9.17, 15) is 14.4 Å². The van der Waals surface area contributed by atoms with E-state index < -0.39 is 11.6 Å². The second-order valence-corrected chi connectivity index (χ2v) is 16.7. The van der Waals surface area contributed by atoms with Crippen molar-refractivity contribution in [2.75, 3.05) is 6.61 Å². The van der Waals surface area contributed by atoms with Gasteiger partial charge < -0.3 is 14.2 Å². The molecule has 4 aliphatic carbocycles. The highest BCUT2D eigenvalue weighted by molar-refractivity contribution is 5.98. The number of carbonyl (C=O) groups excluding carboxylic acids is 3. The van der Waals surface area contributed by atoms with Crippen molar-refractivity contribution in [2.24, 2.45) is 34.5 Å². The van der Waals surface area contributed by atoms with Crippen LogP contribution in [0, 0.1) is 34.5 Å². The lowest BCUT2D eigenvalue weighted by atomic mass is 9.46. The van der Waals surface area contributed by atoms with Gasteiger partial charge in [-0.1, -0.05) is 103 Å². The molecule has 0 aromatic rings. The van der Waals surface area contributed by atoms with Gasteiger partial charge in [-0.15, -0.1) is 0 Å². The summed E-state index contributed by atoms with van der Waals surface area (Å²) in [6, 6.07) is 0. The second kappa shape index (κ2) is 14.9. The Bertz CT molecular complexity index is 1110. The van der Waals surface area contributed by atoms with E-state index in [1.807, 2.05) is 19.9 Å². The Morgan fingerprint density at radius 1 is 0.804 bits per heavy atom. The molecule has 0 aromatic heterocycles. The third-order valence-electron chi connectivity index (χ3n) is 13.1. The van der Waals surface area contributed by atoms with Gasteiger partial charge >= 0.3 is 5.97 Å². The first kappa shape index (κ1) is 35.8. The normalized spacial score (nSPS) is 33.8. The molecular formula is C40H64O6. The quantitative estimate of drug-likeness (QED) is 0.116. The van der Waals surface area contributed by atoms with Gasteiger partial charge in [0.1, 0.15) is 6.61 Å². The van der Waals surface area contributed by atoms with E-state index in [2.05, 4.69) is 20.8 Å². The second-order valence-electron chi connectivity index (χ2n) is 16.7. The van der Waals surface area contributed by atoms with E-state index in [1.165, 1.54) is 76.2 Å². The van der Waals surface area contributed by atoms with Crippen LogP contribution in [0.5, 0.6) is 0 Å². The fourth-order valence-corrected chi connectivity index (χ4v) is 10.8. The van der Waals surface area contributed by atoms with Crippen LogP contribution in [0.2, 0.25) is 0 Å². The summed E-state index contributed by atoms with van der Waals surface area (Å²) in [6.45, 7) is 10.6. The first-order valence-corrected chi connectivity index (χ1v) is 19.3. The lowest BCUT2D eigenvalue weighted by Gasteiger charge is -2.62. The highest BCUT2D eigenvalue weighted by Gasteiger charge is 2.66. The van der Waals surface area contributed by atoms with Crippen molar-refractivity contribution in [1.29, 1.82) is 0 Å². The molecule has 1 aliphatic heterocycles. The molecule has 1 heterocycles. The number of rotatable bonds is 17. The van der Waals surface area contributed by atoms with Gasteiger partial charge in [0.05, 0.1) is 0 Å². The van der Waals surface area contributed by atoms with Crippen LogP contribution in [0.1, 0.15) is 169 Å². The SMILES string of the molecule is CCCCCCCCCCCCCCCC(=O)OCC(=O)[C@H]1CC[C@H]2[C@@H]3CCC4=CC(=O)C5(C[C@]4(C)[C@H]3CC[C@]12C)OC(C)(C)O5. The average Bonchev–Trinajstić information content (AvgIpc) is 3.35. The number of fused-ring (bicyclic) bond motifs is 5. The highest BCUT2D eigenvalue weighted by atomic mass is 16.9. The molecule has 6 atom stereocenters. The topological polar surface area (TPSA) is 78.9 Å². The van der Waals surface area contributed by atoms with Gasteiger partial charge in [-0.05, 0) is 93.5 Å². The first-order chi connectivity index (χ1) is 21.9. The molecule has 1 spiro atoms. The van der Waals surface area contributed by atoms with E-state index in [-0.39, 0.29) is 40.9 Å². The fraction of sp³-hybridized carbons (Fsp3) is 0.875. The van der Waals surface area contributed by atoms with Crippen LogP contribution in [0.3, 0.4) is 0 Å². The minimum atomic E-state index is -1.13. The summed E-state index contributed by atoms with van der Waals surface area (Å²) in [5.74, 6) is -0.559. The van der Waals surface area contributed by atoms with Gasteiger partial charge in [-0.25, -0.2) is 0 Å². The molecule has 0 radical (unpaired) electrons. The summed E-state index contributed by atoms with van der Waals surface area (Å²) in [5.41, 5.74) is 1.09. The maximum Gasteiger partial charge on any atom is 0.306 e. The standard InChI is InChI=1S/C40H64O6/c1-6-7-8-9-10-11-12-13-14-15-16-17-18-19-36(43)44-27-34(41)33-23-22-31-30-21-20-29-26-35(42)40(45-37(2,3)46-40)28-39(29,5)32(30)24-25-38(31,33)4/h26,30-33H,6-25,27-28H2,1-5H3/t30-,31-,32-,33+,38-,39-/m0/s1. The first-order valence-electron chi connectivity index (χ1n) is 19.3. The van der Waals surface area contributed by atoms with Gasteiger partial charge in [0.2, 0.25) is 11.6 Å². The number of hydrogen-bond donors (Lipinski definition) is 0. The summed E-state index contributed by atoms with van der Waals surface area (Å²) in [4.78, 5) is 39.1.